The number of amides is 1. The van der Waals surface area contributed by atoms with E-state index in [-0.39, 0.29) is 17.4 Å². The quantitative estimate of drug-likeness (QED) is 0.756. The van der Waals surface area contributed by atoms with Gasteiger partial charge in [0.05, 0.1) is 18.8 Å². The van der Waals surface area contributed by atoms with Gasteiger partial charge in [0.25, 0.3) is 0 Å². The van der Waals surface area contributed by atoms with Crippen LogP contribution in [0.4, 0.5) is 20.7 Å². The van der Waals surface area contributed by atoms with Gasteiger partial charge < -0.3 is 19.8 Å². The molecule has 3 rings (SSSR count). The van der Waals surface area contributed by atoms with Crippen molar-refractivity contribution in [3.63, 3.8) is 0 Å². The molecule has 0 spiro atoms. The highest BCUT2D eigenvalue weighted by molar-refractivity contribution is 5.83. The number of anilines is 2. The number of nitrogens with one attached hydrogen (secondary N) is 1. The molecule has 0 bridgehead atoms. The maximum Gasteiger partial charge on any atom is 0.409 e. The number of β-amino-alcohol motifs (C(OH)–C–C–N with tert-alkyl or cyclic N) is 1. The number of carbonyl (C=O) groups is 1. The molecule has 8 heteroatoms. The summed E-state index contributed by atoms with van der Waals surface area (Å²) in [4.78, 5) is 16.8. The fraction of sp³-hybridized carbons (Fsp3) is 0.333. The van der Waals surface area contributed by atoms with E-state index in [2.05, 4.69) is 4.98 Å². The maximum absolute atomic E-state index is 13.9. The molecule has 1 aliphatic rings. The zero-order valence-corrected chi connectivity index (χ0v) is 14.4. The summed E-state index contributed by atoms with van der Waals surface area (Å²) < 4.78 is 19.5. The maximum atomic E-state index is 13.9. The molecule has 0 aliphatic carbocycles. The van der Waals surface area contributed by atoms with E-state index in [1.807, 2.05) is 24.1 Å². The number of aliphatic hydroxyl groups is 1. The van der Waals surface area contributed by atoms with Gasteiger partial charge >= 0.3 is 6.09 Å². The number of nitrogens with zero attached hydrogens (tertiary/aromatic N) is 2. The van der Waals surface area contributed by atoms with Crippen molar-refractivity contribution >= 4 is 17.6 Å². The number of pyridine rings is 1. The molecule has 2 heterocycles. The first kappa shape index (κ1) is 17.9. The van der Waals surface area contributed by atoms with E-state index >= 15 is 0 Å². The van der Waals surface area contributed by atoms with Crippen molar-refractivity contribution in [2.75, 3.05) is 23.3 Å². The normalized spacial score (nSPS) is 15.5. The summed E-state index contributed by atoms with van der Waals surface area (Å²) in [5.41, 5.74) is -0.858. The number of rotatable bonds is 5. The van der Waals surface area contributed by atoms with E-state index in [9.17, 15) is 14.3 Å². The van der Waals surface area contributed by atoms with Gasteiger partial charge in [-0.1, -0.05) is 13.8 Å². The summed E-state index contributed by atoms with van der Waals surface area (Å²) in [6.07, 6.45) is 0.237. The highest BCUT2D eigenvalue weighted by atomic mass is 19.1. The van der Waals surface area contributed by atoms with Crippen molar-refractivity contribution in [3.8, 4) is 11.5 Å². The molecular weight excluding hydrogens is 341 g/mol. The number of halogens is 1. The van der Waals surface area contributed by atoms with Crippen molar-refractivity contribution in [2.45, 2.75) is 19.4 Å². The fourth-order valence-electron chi connectivity index (χ4n) is 2.69. The van der Waals surface area contributed by atoms with Crippen molar-refractivity contribution in [2.24, 2.45) is 5.92 Å². The molecule has 1 amide bonds. The first-order chi connectivity index (χ1) is 12.3. The first-order valence-electron chi connectivity index (χ1n) is 8.17. The molecule has 7 nitrogen and oxygen atoms in total. The Balaban J connectivity index is 1.70. The van der Waals surface area contributed by atoms with Crippen LogP contribution in [0.2, 0.25) is 0 Å². The topological polar surface area (TPSA) is 94.9 Å². The van der Waals surface area contributed by atoms with Crippen LogP contribution in [-0.2, 0) is 0 Å². The lowest BCUT2D eigenvalue weighted by atomic mass is 9.83. The molecule has 2 aromatic rings. The Labute approximate surface area is 150 Å². The summed E-state index contributed by atoms with van der Waals surface area (Å²) >= 11 is 0. The Morgan fingerprint density at radius 1 is 1.31 bits per heavy atom. The molecule has 138 valence electrons. The van der Waals surface area contributed by atoms with Crippen LogP contribution in [-0.4, -0.2) is 40.0 Å². The van der Waals surface area contributed by atoms with Crippen molar-refractivity contribution in [3.05, 3.63) is 42.3 Å². The van der Waals surface area contributed by atoms with Crippen LogP contribution < -0.4 is 15.0 Å². The van der Waals surface area contributed by atoms with Crippen LogP contribution in [0.3, 0.4) is 0 Å². The van der Waals surface area contributed by atoms with Crippen molar-refractivity contribution < 1.29 is 24.1 Å². The zero-order chi connectivity index (χ0) is 18.9. The van der Waals surface area contributed by atoms with Crippen molar-refractivity contribution in [1.82, 2.24) is 4.98 Å². The predicted octanol–water partition coefficient (Wildman–Crippen LogP) is 3.31. The molecule has 1 saturated heterocycles. The molecule has 1 fully saturated rings. The SMILES string of the molecule is CC(C)C1(O)CN(c2cc(Oc3ccc(NC(=O)O)c(F)c3)ccn2)C1. The molecule has 1 aromatic heterocycles. The van der Waals surface area contributed by atoms with Crippen LogP contribution in [0.1, 0.15) is 13.8 Å². The first-order valence-corrected chi connectivity index (χ1v) is 8.17. The summed E-state index contributed by atoms with van der Waals surface area (Å²) in [5.74, 6) is 0.784. The average Bonchev–Trinajstić information content (AvgIpc) is 2.54. The van der Waals surface area contributed by atoms with Crippen LogP contribution in [0.15, 0.2) is 36.5 Å². The molecule has 0 atom stereocenters. The van der Waals surface area contributed by atoms with Crippen LogP contribution in [0.25, 0.3) is 0 Å². The highest BCUT2D eigenvalue weighted by Gasteiger charge is 2.44. The van der Waals surface area contributed by atoms with E-state index in [0.29, 0.717) is 24.7 Å². The molecule has 0 unspecified atom stereocenters. The monoisotopic (exact) mass is 361 g/mol. The number of ether oxygens (including phenoxy) is 1. The minimum Gasteiger partial charge on any atom is -0.465 e. The van der Waals surface area contributed by atoms with Gasteiger partial charge in [-0.15, -0.1) is 0 Å². The second kappa shape index (κ2) is 6.80. The van der Waals surface area contributed by atoms with Gasteiger partial charge in [0, 0.05) is 18.3 Å². The van der Waals surface area contributed by atoms with Crippen LogP contribution in [0.5, 0.6) is 11.5 Å². The lowest BCUT2D eigenvalue weighted by Gasteiger charge is -2.49. The van der Waals surface area contributed by atoms with Gasteiger partial charge in [0.15, 0.2) is 5.82 Å². The Morgan fingerprint density at radius 3 is 2.62 bits per heavy atom. The van der Waals surface area contributed by atoms with Gasteiger partial charge in [-0.3, -0.25) is 5.32 Å². The van der Waals surface area contributed by atoms with Gasteiger partial charge in [0.2, 0.25) is 0 Å². The second-order valence-electron chi connectivity index (χ2n) is 6.64. The standard InChI is InChI=1S/C18H20FN3O4/c1-11(2)18(25)9-22(10-18)16-8-13(5-6-20-16)26-12-3-4-15(14(19)7-12)21-17(23)24/h3-8,11,21,25H,9-10H2,1-2H3,(H,23,24). The minimum absolute atomic E-state index is 0.145. The second-order valence-corrected chi connectivity index (χ2v) is 6.64. The van der Waals surface area contributed by atoms with E-state index < -0.39 is 17.5 Å². The fourth-order valence-corrected chi connectivity index (χ4v) is 2.69. The highest BCUT2D eigenvalue weighted by Crippen LogP contribution is 2.34. The Kier molecular flexibility index (Phi) is 4.69. The smallest absolute Gasteiger partial charge is 0.409 e. The van der Waals surface area contributed by atoms with E-state index in [0.717, 1.165) is 6.07 Å². The number of benzene rings is 1. The number of hydrogen-bond donors (Lipinski definition) is 3. The third kappa shape index (κ3) is 3.70. The van der Waals surface area contributed by atoms with Gasteiger partial charge in [-0.05, 0) is 24.1 Å². The number of hydrogen-bond acceptors (Lipinski definition) is 5. The molecule has 1 aromatic carbocycles. The average molecular weight is 361 g/mol. The van der Waals surface area contributed by atoms with Gasteiger partial charge in [-0.2, -0.15) is 0 Å². The van der Waals surface area contributed by atoms with Gasteiger partial charge in [0.1, 0.15) is 22.9 Å². The number of aromatic nitrogens is 1. The summed E-state index contributed by atoms with van der Waals surface area (Å²) in [6, 6.07) is 7.21. The van der Waals surface area contributed by atoms with E-state index in [1.165, 1.54) is 12.1 Å². The van der Waals surface area contributed by atoms with Gasteiger partial charge in [-0.25, -0.2) is 14.2 Å². The molecule has 3 N–H and O–H groups in total. The largest absolute Gasteiger partial charge is 0.465 e. The Hall–Kier alpha value is -2.87. The van der Waals surface area contributed by atoms with E-state index in [4.69, 9.17) is 9.84 Å². The van der Waals surface area contributed by atoms with Crippen LogP contribution >= 0.6 is 0 Å². The third-order valence-electron chi connectivity index (χ3n) is 4.46. The predicted molar refractivity (Wildman–Crippen MR) is 94.4 cm³/mol. The Morgan fingerprint density at radius 2 is 2.00 bits per heavy atom. The summed E-state index contributed by atoms with van der Waals surface area (Å²) in [7, 11) is 0. The summed E-state index contributed by atoms with van der Waals surface area (Å²) in [5, 5.41) is 21.0. The van der Waals surface area contributed by atoms with Crippen molar-refractivity contribution in [1.29, 1.82) is 0 Å². The third-order valence-corrected chi connectivity index (χ3v) is 4.46. The van der Waals surface area contributed by atoms with Crippen LogP contribution in [0, 0.1) is 11.7 Å². The molecule has 0 saturated carbocycles. The lowest BCUT2D eigenvalue weighted by molar-refractivity contribution is -0.0304. The number of carboxylic acid groups (broad SMARTS) is 1. The minimum atomic E-state index is -1.34. The lowest BCUT2D eigenvalue weighted by Crippen LogP contribution is -2.65. The summed E-state index contributed by atoms with van der Waals surface area (Å²) in [6.45, 7) is 4.93. The molecule has 26 heavy (non-hydrogen) atoms. The van der Waals surface area contributed by atoms with E-state index in [1.54, 1.807) is 18.3 Å². The molecular formula is C18H20FN3O4. The zero-order valence-electron chi connectivity index (χ0n) is 14.4. The Bertz CT molecular complexity index is 822. The molecule has 1 aliphatic heterocycles. The molecule has 0 radical (unpaired) electrons.